The number of carbonyl (C=O) groups is 3. The minimum atomic E-state index is -0.648. The Morgan fingerprint density at radius 2 is 1.96 bits per heavy atom. The van der Waals surface area contributed by atoms with Crippen LogP contribution in [0.15, 0.2) is 12.1 Å². The first-order valence-electron chi connectivity index (χ1n) is 9.41. The molecule has 7 nitrogen and oxygen atoms in total. The second-order valence-corrected chi connectivity index (χ2v) is 8.41. The average molecular weight is 391 g/mol. The van der Waals surface area contributed by atoms with E-state index in [4.69, 9.17) is 4.74 Å². The summed E-state index contributed by atoms with van der Waals surface area (Å²) in [5.74, 6) is -1.87. The highest BCUT2D eigenvalue weighted by molar-refractivity contribution is 6.01. The van der Waals surface area contributed by atoms with Crippen molar-refractivity contribution in [2.45, 2.75) is 58.1 Å². The number of halogens is 1. The van der Waals surface area contributed by atoms with Gasteiger partial charge in [-0.3, -0.25) is 14.9 Å². The first-order chi connectivity index (χ1) is 13.0. The number of imide groups is 1. The zero-order valence-corrected chi connectivity index (χ0v) is 16.6. The number of aryl methyl sites for hydroxylation is 1. The van der Waals surface area contributed by atoms with Gasteiger partial charge >= 0.3 is 6.09 Å². The van der Waals surface area contributed by atoms with Crippen LogP contribution < -0.4 is 15.5 Å². The van der Waals surface area contributed by atoms with Crippen molar-refractivity contribution in [1.29, 1.82) is 0 Å². The molecule has 2 saturated heterocycles. The highest BCUT2D eigenvalue weighted by Gasteiger charge is 2.34. The smallest absolute Gasteiger partial charge is 0.407 e. The zero-order chi connectivity index (χ0) is 20.6. The molecule has 1 aromatic rings. The minimum absolute atomic E-state index is 0.0620. The van der Waals surface area contributed by atoms with Gasteiger partial charge < -0.3 is 15.0 Å². The standard InChI is InChI=1S/C20H26FN3O4/c1-11-7-13(24-9-12(10-24)22-19(27)28-20(2,3)4)8-15(21)17(11)14-5-6-16(25)23-18(14)26/h7-8,12,14H,5-6,9-10H2,1-4H3,(H,22,27)(H,23,25,26). The molecule has 0 radical (unpaired) electrons. The Kier molecular flexibility index (Phi) is 5.32. The Balaban J connectivity index is 1.64. The number of hydrogen-bond donors (Lipinski definition) is 2. The second-order valence-electron chi connectivity index (χ2n) is 8.41. The summed E-state index contributed by atoms with van der Waals surface area (Å²) in [5, 5.41) is 5.07. The summed E-state index contributed by atoms with van der Waals surface area (Å²) < 4.78 is 20.0. The molecule has 2 fully saturated rings. The predicted octanol–water partition coefficient (Wildman–Crippen LogP) is 2.37. The van der Waals surface area contributed by atoms with Gasteiger partial charge in [0.25, 0.3) is 0 Å². The van der Waals surface area contributed by atoms with E-state index in [0.717, 1.165) is 0 Å². The van der Waals surface area contributed by atoms with Gasteiger partial charge in [0.15, 0.2) is 0 Å². The molecule has 0 aliphatic carbocycles. The molecule has 2 heterocycles. The molecule has 152 valence electrons. The molecular formula is C20H26FN3O4. The monoisotopic (exact) mass is 391 g/mol. The molecule has 3 amide bonds. The van der Waals surface area contributed by atoms with Crippen molar-refractivity contribution >= 4 is 23.6 Å². The lowest BCUT2D eigenvalue weighted by molar-refractivity contribution is -0.134. The van der Waals surface area contributed by atoms with Crippen molar-refractivity contribution in [3.8, 4) is 0 Å². The molecule has 1 unspecified atom stereocenters. The van der Waals surface area contributed by atoms with Crippen LogP contribution in [0.4, 0.5) is 14.9 Å². The van der Waals surface area contributed by atoms with Crippen molar-refractivity contribution in [1.82, 2.24) is 10.6 Å². The maximum absolute atomic E-state index is 14.8. The van der Waals surface area contributed by atoms with Gasteiger partial charge in [-0.2, -0.15) is 0 Å². The van der Waals surface area contributed by atoms with Crippen molar-refractivity contribution in [3.05, 3.63) is 29.1 Å². The summed E-state index contributed by atoms with van der Waals surface area (Å²) in [7, 11) is 0. The maximum Gasteiger partial charge on any atom is 0.407 e. The van der Waals surface area contributed by atoms with E-state index < -0.39 is 29.3 Å². The third-order valence-electron chi connectivity index (χ3n) is 4.88. The summed E-state index contributed by atoms with van der Waals surface area (Å²) in [5.41, 5.74) is 1.17. The Bertz CT molecular complexity index is 789. The largest absolute Gasteiger partial charge is 0.444 e. The quantitative estimate of drug-likeness (QED) is 0.773. The Morgan fingerprint density at radius 3 is 2.54 bits per heavy atom. The summed E-state index contributed by atoms with van der Waals surface area (Å²) >= 11 is 0. The highest BCUT2D eigenvalue weighted by Crippen LogP contribution is 2.33. The number of hydrogen-bond acceptors (Lipinski definition) is 5. The molecule has 2 aliphatic heterocycles. The van der Waals surface area contributed by atoms with Gasteiger partial charge in [0.1, 0.15) is 11.4 Å². The summed E-state index contributed by atoms with van der Waals surface area (Å²) in [6.45, 7) is 8.27. The molecule has 3 rings (SSSR count). The number of rotatable bonds is 3. The van der Waals surface area contributed by atoms with Crippen molar-refractivity contribution in [3.63, 3.8) is 0 Å². The minimum Gasteiger partial charge on any atom is -0.444 e. The van der Waals surface area contributed by atoms with Gasteiger partial charge in [-0.1, -0.05) is 0 Å². The molecule has 0 bridgehead atoms. The van der Waals surface area contributed by atoms with Crippen LogP contribution in [0, 0.1) is 12.7 Å². The van der Waals surface area contributed by atoms with Gasteiger partial charge in [0.05, 0.1) is 12.0 Å². The second kappa shape index (κ2) is 7.41. The molecule has 1 atom stereocenters. The highest BCUT2D eigenvalue weighted by atomic mass is 19.1. The number of nitrogens with one attached hydrogen (secondary N) is 2. The van der Waals surface area contributed by atoms with Crippen LogP contribution in [0.3, 0.4) is 0 Å². The van der Waals surface area contributed by atoms with Gasteiger partial charge in [-0.15, -0.1) is 0 Å². The third kappa shape index (κ3) is 4.43. The summed E-state index contributed by atoms with van der Waals surface area (Å²) in [4.78, 5) is 37.2. The fourth-order valence-electron chi connectivity index (χ4n) is 3.58. The number of piperidine rings is 1. The fourth-order valence-corrected chi connectivity index (χ4v) is 3.58. The van der Waals surface area contributed by atoms with Crippen LogP contribution in [-0.4, -0.2) is 42.6 Å². The van der Waals surface area contributed by atoms with E-state index in [2.05, 4.69) is 10.6 Å². The topological polar surface area (TPSA) is 87.7 Å². The lowest BCUT2D eigenvalue weighted by atomic mass is 9.87. The van der Waals surface area contributed by atoms with Crippen LogP contribution in [0.2, 0.25) is 0 Å². The van der Waals surface area contributed by atoms with E-state index in [9.17, 15) is 18.8 Å². The lowest BCUT2D eigenvalue weighted by Gasteiger charge is -2.41. The Hall–Kier alpha value is -2.64. The van der Waals surface area contributed by atoms with E-state index >= 15 is 0 Å². The van der Waals surface area contributed by atoms with E-state index in [1.807, 2.05) is 11.0 Å². The van der Waals surface area contributed by atoms with E-state index in [1.54, 1.807) is 27.7 Å². The van der Waals surface area contributed by atoms with Gasteiger partial charge in [0, 0.05) is 30.8 Å². The van der Waals surface area contributed by atoms with Crippen LogP contribution in [-0.2, 0) is 14.3 Å². The van der Waals surface area contributed by atoms with Crippen molar-refractivity contribution < 1.29 is 23.5 Å². The van der Waals surface area contributed by atoms with E-state index in [0.29, 0.717) is 36.3 Å². The number of ether oxygens (including phenoxy) is 1. The first kappa shape index (κ1) is 20.1. The summed E-state index contributed by atoms with van der Waals surface area (Å²) in [6, 6.07) is 3.19. The van der Waals surface area contributed by atoms with Gasteiger partial charge in [0.2, 0.25) is 11.8 Å². The van der Waals surface area contributed by atoms with Crippen LogP contribution in [0.1, 0.15) is 50.7 Å². The maximum atomic E-state index is 14.8. The van der Waals surface area contributed by atoms with E-state index in [-0.39, 0.29) is 18.4 Å². The van der Waals surface area contributed by atoms with Crippen LogP contribution >= 0.6 is 0 Å². The Labute approximate surface area is 163 Å². The molecule has 0 aromatic heterocycles. The van der Waals surface area contributed by atoms with Crippen molar-refractivity contribution in [2.75, 3.05) is 18.0 Å². The molecule has 2 aliphatic rings. The SMILES string of the molecule is Cc1cc(N2CC(NC(=O)OC(C)(C)C)C2)cc(F)c1C1CCC(=O)NC1=O. The molecule has 1 aromatic carbocycles. The number of nitrogens with zero attached hydrogens (tertiary/aromatic N) is 1. The van der Waals surface area contributed by atoms with Crippen LogP contribution in [0.25, 0.3) is 0 Å². The lowest BCUT2D eigenvalue weighted by Crippen LogP contribution is -2.60. The molecule has 0 saturated carbocycles. The summed E-state index contributed by atoms with van der Waals surface area (Å²) in [6.07, 6.45) is 0.0573. The third-order valence-corrected chi connectivity index (χ3v) is 4.88. The normalized spacial score (nSPS) is 20.5. The van der Waals surface area contributed by atoms with E-state index in [1.165, 1.54) is 6.07 Å². The Morgan fingerprint density at radius 1 is 1.29 bits per heavy atom. The predicted molar refractivity (Wildman–Crippen MR) is 102 cm³/mol. The van der Waals surface area contributed by atoms with Crippen LogP contribution in [0.5, 0.6) is 0 Å². The number of carbonyl (C=O) groups excluding carboxylic acids is 3. The number of anilines is 1. The van der Waals surface area contributed by atoms with Crippen molar-refractivity contribution in [2.24, 2.45) is 0 Å². The first-order valence-corrected chi connectivity index (χ1v) is 9.41. The molecule has 28 heavy (non-hydrogen) atoms. The van der Waals surface area contributed by atoms with Gasteiger partial charge in [-0.05, 0) is 51.8 Å². The molecule has 8 heteroatoms. The number of benzene rings is 1. The number of alkyl carbamates (subject to hydrolysis) is 1. The molecule has 0 spiro atoms. The zero-order valence-electron chi connectivity index (χ0n) is 16.6. The molecular weight excluding hydrogens is 365 g/mol. The number of amides is 3. The average Bonchev–Trinajstić information content (AvgIpc) is 2.50. The fraction of sp³-hybridized carbons (Fsp3) is 0.550. The molecule has 2 N–H and O–H groups in total. The van der Waals surface area contributed by atoms with Gasteiger partial charge in [-0.25, -0.2) is 9.18 Å².